The Morgan fingerprint density at radius 2 is 0.577 bits per heavy atom. The zero-order chi connectivity index (χ0) is 34.7. The summed E-state index contributed by atoms with van der Waals surface area (Å²) in [4.78, 5) is 8.04. The molecule has 0 N–H and O–H groups in total. The summed E-state index contributed by atoms with van der Waals surface area (Å²) in [5.74, 6) is 0. The van der Waals surface area contributed by atoms with Crippen molar-refractivity contribution in [3.63, 3.8) is 0 Å². The minimum atomic E-state index is -4.17. The molecule has 3 nitrogen and oxygen atoms in total. The van der Waals surface area contributed by atoms with Crippen LogP contribution in [-0.4, -0.2) is 4.21 Å². The fourth-order valence-electron chi connectivity index (χ4n) is 8.49. The molecule has 0 bridgehead atoms. The van der Waals surface area contributed by atoms with E-state index in [1.165, 1.54) is 0 Å². The SMILES string of the molecule is O=S12(c3ccccc3-c3ccccc31)c1cccc(N(c3ccccc3)c3ccccc3)c1-c1c(N(c3ccccc3)c3ccccc3)cccc12. The summed E-state index contributed by atoms with van der Waals surface area (Å²) in [6, 6.07) is 71.4. The molecule has 2 aliphatic rings. The lowest BCUT2D eigenvalue weighted by Gasteiger charge is -2.39. The Labute approximate surface area is 304 Å². The number of rotatable bonds is 6. The van der Waals surface area contributed by atoms with Crippen LogP contribution in [0.4, 0.5) is 34.1 Å². The smallest absolute Gasteiger partial charge is 0.0553 e. The molecule has 0 amide bonds. The molecule has 0 atom stereocenters. The van der Waals surface area contributed by atoms with Gasteiger partial charge in [-0.1, -0.05) is 121 Å². The van der Waals surface area contributed by atoms with E-state index in [1.54, 1.807) is 0 Å². The maximum Gasteiger partial charge on any atom is 0.0553 e. The van der Waals surface area contributed by atoms with Crippen molar-refractivity contribution >= 4 is 43.2 Å². The predicted octanol–water partition coefficient (Wildman–Crippen LogP) is 12.9. The molecule has 1 spiro atoms. The summed E-state index contributed by atoms with van der Waals surface area (Å²) in [5.41, 5.74) is 10.0. The first-order valence-electron chi connectivity index (χ1n) is 17.6. The monoisotopic (exact) mass is 686 g/mol. The molecule has 8 aromatic rings. The Morgan fingerprint density at radius 3 is 0.923 bits per heavy atom. The standard InChI is InChI=1S/C48H34N2OS/c51-52(43-31-15-13-27-39(43)40-28-14-16-32-44(40)52)45-33-17-29-41(49(35-19-5-1-6-20-35)36-21-7-2-8-22-36)47(45)48-42(30-18-34-46(48)52)50(37-23-9-3-10-24-37)38-25-11-4-12-26-38/h1-34H. The van der Waals surface area contributed by atoms with Crippen molar-refractivity contribution in [2.45, 2.75) is 19.6 Å². The number of nitrogens with zero attached hydrogens (tertiary/aromatic N) is 2. The van der Waals surface area contributed by atoms with Gasteiger partial charge in [-0.05, 0) is 96.1 Å². The van der Waals surface area contributed by atoms with E-state index in [2.05, 4.69) is 180 Å². The first-order valence-corrected chi connectivity index (χ1v) is 19.6. The van der Waals surface area contributed by atoms with Gasteiger partial charge in [-0.15, -0.1) is 0 Å². The molecule has 0 aliphatic carbocycles. The average molecular weight is 687 g/mol. The molecule has 248 valence electrons. The van der Waals surface area contributed by atoms with Crippen molar-refractivity contribution in [3.8, 4) is 22.3 Å². The van der Waals surface area contributed by atoms with Crippen LogP contribution in [0.5, 0.6) is 0 Å². The molecule has 0 unspecified atom stereocenters. The van der Waals surface area contributed by atoms with Crippen LogP contribution in [0.25, 0.3) is 22.3 Å². The van der Waals surface area contributed by atoms with E-state index in [4.69, 9.17) is 0 Å². The van der Waals surface area contributed by atoms with Gasteiger partial charge in [0.05, 0.1) is 11.4 Å². The Morgan fingerprint density at radius 1 is 0.288 bits per heavy atom. The highest BCUT2D eigenvalue weighted by molar-refractivity contribution is 8.21. The summed E-state index contributed by atoms with van der Waals surface area (Å²) in [7, 11) is -4.17. The first-order chi connectivity index (χ1) is 25.7. The normalized spacial score (nSPS) is 14.7. The maximum absolute atomic E-state index is 17.7. The molecule has 2 aliphatic heterocycles. The zero-order valence-electron chi connectivity index (χ0n) is 28.3. The number of benzene rings is 8. The third-order valence-electron chi connectivity index (χ3n) is 10.5. The van der Waals surface area contributed by atoms with Gasteiger partial charge < -0.3 is 9.80 Å². The number of hydrogen-bond donors (Lipinski definition) is 0. The van der Waals surface area contributed by atoms with Crippen LogP contribution in [0.1, 0.15) is 0 Å². The fraction of sp³-hybridized carbons (Fsp3) is 0. The van der Waals surface area contributed by atoms with Crippen LogP contribution in [-0.2, 0) is 9.07 Å². The highest BCUT2D eigenvalue weighted by Gasteiger charge is 2.58. The van der Waals surface area contributed by atoms with Gasteiger partial charge in [0.2, 0.25) is 0 Å². The predicted molar refractivity (Wildman–Crippen MR) is 214 cm³/mol. The van der Waals surface area contributed by atoms with Crippen molar-refractivity contribution in [1.82, 2.24) is 0 Å². The maximum atomic E-state index is 17.7. The van der Waals surface area contributed by atoms with Gasteiger partial charge in [0, 0.05) is 62.5 Å². The van der Waals surface area contributed by atoms with E-state index in [0.717, 1.165) is 76.0 Å². The molecule has 0 aromatic heterocycles. The van der Waals surface area contributed by atoms with Crippen molar-refractivity contribution in [1.29, 1.82) is 0 Å². The number of hydrogen-bond acceptors (Lipinski definition) is 3. The second-order valence-electron chi connectivity index (χ2n) is 13.3. The molecule has 4 heteroatoms. The Bertz CT molecular complexity index is 2430. The molecule has 0 saturated heterocycles. The quantitative estimate of drug-likeness (QED) is 0.174. The number of fused-ring (bicyclic) bond motifs is 10. The molecule has 8 aromatic carbocycles. The first kappa shape index (κ1) is 30.3. The zero-order valence-corrected chi connectivity index (χ0v) is 29.2. The van der Waals surface area contributed by atoms with Crippen molar-refractivity contribution in [3.05, 3.63) is 206 Å². The number of para-hydroxylation sites is 4. The van der Waals surface area contributed by atoms with Crippen molar-refractivity contribution in [2.75, 3.05) is 9.80 Å². The van der Waals surface area contributed by atoms with Gasteiger partial charge in [0.1, 0.15) is 0 Å². The highest BCUT2D eigenvalue weighted by atomic mass is 32.3. The van der Waals surface area contributed by atoms with Crippen LogP contribution in [0.3, 0.4) is 0 Å². The van der Waals surface area contributed by atoms with Gasteiger partial charge in [-0.25, -0.2) is 0 Å². The topological polar surface area (TPSA) is 23.6 Å². The summed E-state index contributed by atoms with van der Waals surface area (Å²) < 4.78 is 17.7. The van der Waals surface area contributed by atoms with Crippen LogP contribution in [0.15, 0.2) is 226 Å². The lowest BCUT2D eigenvalue weighted by Crippen LogP contribution is -2.30. The van der Waals surface area contributed by atoms with Gasteiger partial charge in [0.15, 0.2) is 0 Å². The van der Waals surface area contributed by atoms with Crippen LogP contribution in [0, 0.1) is 0 Å². The summed E-state index contributed by atoms with van der Waals surface area (Å²) in [6.07, 6.45) is 0. The van der Waals surface area contributed by atoms with Crippen LogP contribution >= 0.6 is 0 Å². The molecular formula is C48H34N2OS. The lowest BCUT2D eigenvalue weighted by atomic mass is 9.98. The molecular weight excluding hydrogens is 653 g/mol. The fourth-order valence-corrected chi connectivity index (χ4v) is 13.7. The van der Waals surface area contributed by atoms with Gasteiger partial charge >= 0.3 is 0 Å². The van der Waals surface area contributed by atoms with E-state index in [9.17, 15) is 0 Å². The largest absolute Gasteiger partial charge is 0.310 e. The van der Waals surface area contributed by atoms with Crippen molar-refractivity contribution < 1.29 is 4.21 Å². The van der Waals surface area contributed by atoms with Crippen LogP contribution in [0.2, 0.25) is 0 Å². The van der Waals surface area contributed by atoms with Crippen molar-refractivity contribution in [2.24, 2.45) is 0 Å². The Kier molecular flexibility index (Phi) is 6.72. The van der Waals surface area contributed by atoms with Gasteiger partial charge in [-0.2, -0.15) is 0 Å². The van der Waals surface area contributed by atoms with E-state index in [-0.39, 0.29) is 0 Å². The van der Waals surface area contributed by atoms with Gasteiger partial charge in [0.25, 0.3) is 0 Å². The Hall–Kier alpha value is -6.49. The number of anilines is 6. The molecule has 10 rings (SSSR count). The second-order valence-corrected chi connectivity index (χ2v) is 16.9. The highest BCUT2D eigenvalue weighted by Crippen LogP contribution is 2.73. The average Bonchev–Trinajstić information content (AvgIpc) is 3.61. The summed E-state index contributed by atoms with van der Waals surface area (Å²) >= 11 is 0. The van der Waals surface area contributed by atoms with E-state index in [1.807, 2.05) is 36.4 Å². The minimum Gasteiger partial charge on any atom is -0.310 e. The second kappa shape index (κ2) is 11.5. The van der Waals surface area contributed by atoms with E-state index < -0.39 is 9.07 Å². The molecule has 0 radical (unpaired) electrons. The van der Waals surface area contributed by atoms with Gasteiger partial charge in [-0.3, -0.25) is 4.21 Å². The summed E-state index contributed by atoms with van der Waals surface area (Å²) in [5, 5.41) is 0. The molecule has 2 heterocycles. The van der Waals surface area contributed by atoms with E-state index in [0.29, 0.717) is 0 Å². The Balaban J connectivity index is 1.40. The third-order valence-corrected chi connectivity index (χ3v) is 15.3. The molecule has 0 fully saturated rings. The third kappa shape index (κ3) is 4.04. The lowest BCUT2D eigenvalue weighted by molar-refractivity contribution is 0.658. The van der Waals surface area contributed by atoms with E-state index >= 15 is 4.21 Å². The molecule has 52 heavy (non-hydrogen) atoms. The minimum absolute atomic E-state index is 0.840. The van der Waals surface area contributed by atoms with Crippen LogP contribution < -0.4 is 9.80 Å². The summed E-state index contributed by atoms with van der Waals surface area (Å²) in [6.45, 7) is 0. The molecule has 0 saturated carbocycles.